The van der Waals surface area contributed by atoms with Gasteiger partial charge >= 0.3 is 5.97 Å². The lowest BCUT2D eigenvalue weighted by molar-refractivity contribution is -0.271. The molecule has 7 rings (SSSR count). The topological polar surface area (TPSA) is 77.1 Å². The third kappa shape index (κ3) is 6.46. The summed E-state index contributed by atoms with van der Waals surface area (Å²) in [5.74, 6) is 3.22. The minimum atomic E-state index is -0.498. The second-order valence-corrected chi connectivity index (χ2v) is 17.5. The van der Waals surface area contributed by atoms with Crippen molar-refractivity contribution in [1.29, 1.82) is 0 Å². The summed E-state index contributed by atoms with van der Waals surface area (Å²) in [6, 6.07) is 8.07. The van der Waals surface area contributed by atoms with E-state index in [1.54, 1.807) is 6.08 Å². The summed E-state index contributed by atoms with van der Waals surface area (Å²) < 4.78 is 19.4. The van der Waals surface area contributed by atoms with Crippen molar-refractivity contribution in [1.82, 2.24) is 5.32 Å². The average molecular weight is 716 g/mol. The fraction of sp³-hybridized carbons (Fsp3) is 0.750. The summed E-state index contributed by atoms with van der Waals surface area (Å²) in [4.78, 5) is 29.0. The Balaban J connectivity index is 0.988. The Bertz CT molecular complexity index is 1390. The number of carbonyl (C=O) groups is 2. The van der Waals surface area contributed by atoms with E-state index in [0.717, 1.165) is 82.3 Å². The van der Waals surface area contributed by atoms with Gasteiger partial charge in [0.05, 0.1) is 12.7 Å². The molecule has 6 aliphatic rings. The molecule has 1 spiro atoms. The lowest BCUT2D eigenvalue weighted by Gasteiger charge is -2.56. The van der Waals surface area contributed by atoms with Crippen molar-refractivity contribution in [3.05, 3.63) is 35.9 Å². The van der Waals surface area contributed by atoms with Gasteiger partial charge in [-0.1, -0.05) is 32.9 Å². The zero-order valence-electron chi connectivity index (χ0n) is 29.8. The number of carbonyl (C=O) groups excluding carboxylic acids is 2. The van der Waals surface area contributed by atoms with E-state index in [9.17, 15) is 9.59 Å². The standard InChI is InChI=1S/C40H56Cl2N2O5/c1-25-13-16-40(47-24-25)26(2)37-34(49-40)22-33-31-11-8-28-21-30(14-15-38(28,3)32(31)23-35(45)43-39(33,37)4)48-36(46)12-7-27-5-9-29(10-6-27)44(19-17-41)20-18-42/h5-7,9-10,12,25-26,28,30-34,37H,8,11,13-24H2,1-4H3,(H,43,45)/b12-7+/t25-,26+,28+,30+,31-,32+,33+,34+,37+,38+,39+,40-/m1/s1. The van der Waals surface area contributed by atoms with Crippen LogP contribution in [0.1, 0.15) is 91.0 Å². The van der Waals surface area contributed by atoms with E-state index < -0.39 is 5.79 Å². The van der Waals surface area contributed by atoms with Gasteiger partial charge in [-0.05, 0) is 111 Å². The molecule has 0 bridgehead atoms. The Labute approximate surface area is 303 Å². The maximum Gasteiger partial charge on any atom is 0.331 e. The Morgan fingerprint density at radius 1 is 1.02 bits per heavy atom. The highest BCUT2D eigenvalue weighted by Gasteiger charge is 2.69. The summed E-state index contributed by atoms with van der Waals surface area (Å²) >= 11 is 11.9. The van der Waals surface area contributed by atoms with Gasteiger partial charge in [-0.3, -0.25) is 4.79 Å². The first-order valence-corrected chi connectivity index (χ1v) is 20.0. The summed E-state index contributed by atoms with van der Waals surface area (Å²) in [5, 5.41) is 3.64. The van der Waals surface area contributed by atoms with Crippen LogP contribution in [0.5, 0.6) is 0 Å². The molecule has 3 saturated carbocycles. The van der Waals surface area contributed by atoms with Crippen molar-refractivity contribution in [2.45, 2.75) is 109 Å². The molecule has 3 aliphatic carbocycles. The molecule has 9 heteroatoms. The van der Waals surface area contributed by atoms with Crippen LogP contribution in [-0.4, -0.2) is 66.9 Å². The molecule has 0 radical (unpaired) electrons. The lowest BCUT2D eigenvalue weighted by atomic mass is 9.49. The van der Waals surface area contributed by atoms with E-state index in [-0.39, 0.29) is 46.9 Å². The first-order valence-electron chi connectivity index (χ1n) is 19.0. The van der Waals surface area contributed by atoms with Crippen LogP contribution < -0.4 is 10.2 Å². The number of rotatable bonds is 8. The molecular weight excluding hydrogens is 659 g/mol. The number of anilines is 1. The average Bonchev–Trinajstić information content (AvgIpc) is 3.47. The zero-order valence-corrected chi connectivity index (χ0v) is 31.3. The van der Waals surface area contributed by atoms with Crippen LogP contribution in [-0.2, 0) is 23.8 Å². The van der Waals surface area contributed by atoms with Crippen LogP contribution in [0.3, 0.4) is 0 Å². The van der Waals surface area contributed by atoms with Gasteiger partial charge in [-0.25, -0.2) is 4.79 Å². The van der Waals surface area contributed by atoms with E-state index in [2.05, 4.69) is 37.9 Å². The normalized spacial score (nSPS) is 42.9. The second kappa shape index (κ2) is 14.0. The SMILES string of the molecule is C[C@@H]1CC[C@@]2(OC1)O[C@H]1C[C@H]3[C@@H]4CC[C@H]5C[C@@H](OC(=O)/C=C/c6ccc(N(CCCl)CCCl)cc6)CC[C@]5(C)[C@H]4CC(=O)N[C@]3(C)[C@H]1[C@@H]2C. The Kier molecular flexibility index (Phi) is 10.1. The zero-order chi connectivity index (χ0) is 34.6. The Morgan fingerprint density at radius 2 is 1.78 bits per heavy atom. The van der Waals surface area contributed by atoms with Gasteiger partial charge < -0.3 is 24.4 Å². The van der Waals surface area contributed by atoms with Crippen LogP contribution in [0.15, 0.2) is 30.3 Å². The number of fused-ring (bicyclic) bond motifs is 7. The molecule has 0 aromatic heterocycles. The lowest BCUT2D eigenvalue weighted by Crippen LogP contribution is -2.57. The van der Waals surface area contributed by atoms with Crippen molar-refractivity contribution in [2.75, 3.05) is 36.4 Å². The van der Waals surface area contributed by atoms with Crippen LogP contribution in [0, 0.1) is 46.8 Å². The van der Waals surface area contributed by atoms with E-state index in [0.29, 0.717) is 47.8 Å². The predicted octanol–water partition coefficient (Wildman–Crippen LogP) is 7.82. The largest absolute Gasteiger partial charge is 0.459 e. The van der Waals surface area contributed by atoms with Crippen LogP contribution in [0.25, 0.3) is 6.08 Å². The molecule has 270 valence electrons. The fourth-order valence-corrected chi connectivity index (χ4v) is 12.1. The molecule has 1 aromatic rings. The van der Waals surface area contributed by atoms with Gasteiger partial charge in [0.25, 0.3) is 0 Å². The molecule has 49 heavy (non-hydrogen) atoms. The van der Waals surface area contributed by atoms with Crippen molar-refractivity contribution in [3.8, 4) is 0 Å². The van der Waals surface area contributed by atoms with E-state index >= 15 is 0 Å². The van der Waals surface area contributed by atoms with Crippen molar-refractivity contribution in [3.63, 3.8) is 0 Å². The predicted molar refractivity (Wildman–Crippen MR) is 195 cm³/mol. The number of nitrogens with one attached hydrogen (secondary N) is 1. The molecule has 1 aromatic carbocycles. The number of halogens is 2. The minimum Gasteiger partial charge on any atom is -0.459 e. The highest BCUT2D eigenvalue weighted by atomic mass is 35.5. The van der Waals surface area contributed by atoms with Crippen LogP contribution >= 0.6 is 23.2 Å². The van der Waals surface area contributed by atoms with E-state index in [1.165, 1.54) is 0 Å². The number of nitrogens with zero attached hydrogens (tertiary/aromatic N) is 1. The van der Waals surface area contributed by atoms with Gasteiger partial charge in [0.15, 0.2) is 5.79 Å². The third-order valence-corrected chi connectivity index (χ3v) is 14.6. The van der Waals surface area contributed by atoms with Gasteiger partial charge in [0.1, 0.15) is 6.10 Å². The third-order valence-electron chi connectivity index (χ3n) is 14.2. The molecule has 6 fully saturated rings. The molecule has 3 saturated heterocycles. The highest BCUT2D eigenvalue weighted by molar-refractivity contribution is 6.18. The molecule has 3 aliphatic heterocycles. The number of alkyl halides is 2. The number of benzene rings is 1. The number of hydrogen-bond acceptors (Lipinski definition) is 6. The van der Waals surface area contributed by atoms with Crippen molar-refractivity contribution >= 4 is 46.8 Å². The second-order valence-electron chi connectivity index (χ2n) is 16.8. The maximum atomic E-state index is 13.8. The van der Waals surface area contributed by atoms with E-state index in [4.69, 9.17) is 37.4 Å². The fourth-order valence-electron chi connectivity index (χ4n) is 11.7. The summed E-state index contributed by atoms with van der Waals surface area (Å²) in [6.07, 6.45) is 12.0. The van der Waals surface area contributed by atoms with Gasteiger partial charge in [0, 0.05) is 66.8 Å². The van der Waals surface area contributed by atoms with Gasteiger partial charge in [-0.2, -0.15) is 0 Å². The maximum absolute atomic E-state index is 13.8. The molecule has 12 atom stereocenters. The first-order chi connectivity index (χ1) is 23.5. The summed E-state index contributed by atoms with van der Waals surface area (Å²) in [5.41, 5.74) is 1.78. The number of hydrogen-bond donors (Lipinski definition) is 1. The number of ether oxygens (including phenoxy) is 3. The first kappa shape index (κ1) is 35.6. The van der Waals surface area contributed by atoms with Gasteiger partial charge in [-0.15, -0.1) is 23.2 Å². The highest BCUT2D eigenvalue weighted by Crippen LogP contribution is 2.65. The Hall–Kier alpha value is -1.80. The van der Waals surface area contributed by atoms with Crippen LogP contribution in [0.4, 0.5) is 5.69 Å². The monoisotopic (exact) mass is 714 g/mol. The van der Waals surface area contributed by atoms with Crippen molar-refractivity contribution in [2.24, 2.45) is 46.8 Å². The summed E-state index contributed by atoms with van der Waals surface area (Å²) in [6.45, 7) is 11.6. The molecule has 0 unspecified atom stereocenters. The van der Waals surface area contributed by atoms with E-state index in [1.807, 2.05) is 30.3 Å². The molecule has 7 nitrogen and oxygen atoms in total. The van der Waals surface area contributed by atoms with Crippen molar-refractivity contribution < 1.29 is 23.8 Å². The van der Waals surface area contributed by atoms with Gasteiger partial charge in [0.2, 0.25) is 5.91 Å². The number of esters is 1. The molecule has 1 N–H and O–H groups in total. The smallest absolute Gasteiger partial charge is 0.331 e. The molecular formula is C40H56Cl2N2O5. The minimum absolute atomic E-state index is 0.0564. The Morgan fingerprint density at radius 3 is 2.47 bits per heavy atom. The number of amides is 1. The molecule has 1 amide bonds. The quantitative estimate of drug-likeness (QED) is 0.168. The van der Waals surface area contributed by atoms with Crippen LogP contribution in [0.2, 0.25) is 0 Å². The molecule has 3 heterocycles. The summed E-state index contributed by atoms with van der Waals surface area (Å²) in [7, 11) is 0.